The van der Waals surface area contributed by atoms with Crippen LogP contribution in [0, 0.1) is 17.2 Å². The topological polar surface area (TPSA) is 81.1 Å². The molecule has 2 aromatic carbocycles. The Balaban J connectivity index is 1.67. The van der Waals surface area contributed by atoms with Crippen LogP contribution in [0.2, 0.25) is 0 Å². The van der Waals surface area contributed by atoms with Crippen molar-refractivity contribution >= 4 is 49.8 Å². The number of fused-ring (bicyclic) bond motifs is 1. The average Bonchev–Trinajstić information content (AvgIpc) is 2.74. The molecule has 2 heterocycles. The van der Waals surface area contributed by atoms with Gasteiger partial charge in [-0.2, -0.15) is 5.26 Å². The Morgan fingerprint density at radius 3 is 2.90 bits per heavy atom. The lowest BCUT2D eigenvalue weighted by atomic mass is 9.97. The summed E-state index contributed by atoms with van der Waals surface area (Å²) < 4.78 is 0.940. The highest BCUT2D eigenvalue weighted by Crippen LogP contribution is 2.31. The number of pyridine rings is 1. The van der Waals surface area contributed by atoms with E-state index in [1.165, 1.54) is 0 Å². The fraction of sp³-hybridized carbons (Fsp3) is 0.261. The Labute approximate surface area is 184 Å². The maximum Gasteiger partial charge on any atom is 0.228 e. The first-order chi connectivity index (χ1) is 14.5. The quantitative estimate of drug-likeness (QED) is 0.575. The number of likely N-dealkylation sites (tertiary alicyclic amines) is 1. The molecule has 1 fully saturated rings. The second-order valence-electron chi connectivity index (χ2n) is 7.62. The number of benzene rings is 2. The van der Waals surface area contributed by atoms with E-state index in [2.05, 4.69) is 42.5 Å². The first-order valence-electron chi connectivity index (χ1n) is 9.88. The van der Waals surface area contributed by atoms with Crippen molar-refractivity contribution in [3.05, 3.63) is 58.7 Å². The predicted molar refractivity (Wildman–Crippen MR) is 123 cm³/mol. The summed E-state index contributed by atoms with van der Waals surface area (Å²) in [6, 6.07) is 15.6. The predicted octanol–water partition coefficient (Wildman–Crippen LogP) is 4.89. The van der Waals surface area contributed by atoms with Gasteiger partial charge in [-0.1, -0.05) is 22.0 Å². The van der Waals surface area contributed by atoms with Crippen molar-refractivity contribution in [2.75, 3.05) is 30.8 Å². The van der Waals surface area contributed by atoms with Crippen molar-refractivity contribution in [1.29, 1.82) is 5.26 Å². The fourth-order valence-corrected chi connectivity index (χ4v) is 4.22. The smallest absolute Gasteiger partial charge is 0.228 e. The molecule has 6 nitrogen and oxygen atoms in total. The molecule has 1 unspecified atom stereocenters. The third-order valence-corrected chi connectivity index (χ3v) is 5.84. The minimum Gasteiger partial charge on any atom is -0.354 e. The molecule has 1 aliphatic heterocycles. The summed E-state index contributed by atoms with van der Waals surface area (Å²) in [4.78, 5) is 19.4. The normalized spacial score (nSPS) is 16.8. The molecular weight excluding hydrogens is 442 g/mol. The Kier molecular flexibility index (Phi) is 5.98. The van der Waals surface area contributed by atoms with Crippen molar-refractivity contribution in [1.82, 2.24) is 9.88 Å². The van der Waals surface area contributed by atoms with E-state index in [4.69, 9.17) is 0 Å². The minimum absolute atomic E-state index is 0.0118. The molecule has 1 aromatic heterocycles. The van der Waals surface area contributed by atoms with Crippen LogP contribution in [-0.2, 0) is 4.79 Å². The monoisotopic (exact) mass is 463 g/mol. The van der Waals surface area contributed by atoms with Crippen molar-refractivity contribution < 1.29 is 4.79 Å². The van der Waals surface area contributed by atoms with Gasteiger partial charge in [0.1, 0.15) is 6.07 Å². The van der Waals surface area contributed by atoms with E-state index in [1.807, 2.05) is 49.5 Å². The molecule has 1 atom stereocenters. The molecule has 7 heteroatoms. The molecule has 0 spiro atoms. The van der Waals surface area contributed by atoms with E-state index in [0.717, 1.165) is 47.0 Å². The van der Waals surface area contributed by atoms with Crippen molar-refractivity contribution in [2.45, 2.75) is 12.8 Å². The first-order valence-corrected chi connectivity index (χ1v) is 10.7. The van der Waals surface area contributed by atoms with Gasteiger partial charge >= 0.3 is 0 Å². The number of nitrogens with one attached hydrogen (secondary N) is 2. The Hall–Kier alpha value is -2.95. The molecule has 1 saturated heterocycles. The van der Waals surface area contributed by atoms with Gasteiger partial charge in [0.25, 0.3) is 0 Å². The van der Waals surface area contributed by atoms with Crippen molar-refractivity contribution in [3.63, 3.8) is 0 Å². The van der Waals surface area contributed by atoms with Crippen LogP contribution in [0.15, 0.2) is 53.1 Å². The number of halogens is 1. The fourth-order valence-electron chi connectivity index (χ4n) is 3.83. The van der Waals surface area contributed by atoms with Crippen LogP contribution < -0.4 is 10.6 Å². The maximum absolute atomic E-state index is 12.8. The van der Waals surface area contributed by atoms with E-state index in [0.29, 0.717) is 16.9 Å². The summed E-state index contributed by atoms with van der Waals surface area (Å²) in [5, 5.41) is 16.8. The zero-order chi connectivity index (χ0) is 21.1. The van der Waals surface area contributed by atoms with E-state index in [1.54, 1.807) is 6.20 Å². The first kappa shape index (κ1) is 20.3. The molecule has 4 rings (SSSR count). The highest BCUT2D eigenvalue weighted by molar-refractivity contribution is 9.10. The summed E-state index contributed by atoms with van der Waals surface area (Å²) in [6.45, 7) is 1.81. The summed E-state index contributed by atoms with van der Waals surface area (Å²) in [7, 11) is 2.05. The number of amides is 1. The zero-order valence-corrected chi connectivity index (χ0v) is 18.2. The van der Waals surface area contributed by atoms with E-state index < -0.39 is 0 Å². The summed E-state index contributed by atoms with van der Waals surface area (Å²) in [6.07, 6.45) is 3.50. The molecule has 0 saturated carbocycles. The number of rotatable bonds is 4. The number of piperidine rings is 1. The van der Waals surface area contributed by atoms with Gasteiger partial charge in [-0.3, -0.25) is 9.78 Å². The molecule has 2 N–H and O–H groups in total. The number of nitrogens with zero attached hydrogens (tertiary/aromatic N) is 3. The molecule has 0 bridgehead atoms. The number of carbonyl (C=O) groups excluding carboxylic acids is 1. The van der Waals surface area contributed by atoms with Crippen LogP contribution in [0.5, 0.6) is 0 Å². The van der Waals surface area contributed by atoms with Gasteiger partial charge in [0.2, 0.25) is 5.91 Å². The van der Waals surface area contributed by atoms with E-state index in [9.17, 15) is 10.1 Å². The van der Waals surface area contributed by atoms with Crippen molar-refractivity contribution in [2.24, 2.45) is 5.92 Å². The molecular formula is C23H22BrN5O. The van der Waals surface area contributed by atoms with Crippen LogP contribution in [0.4, 0.5) is 17.1 Å². The summed E-state index contributed by atoms with van der Waals surface area (Å²) in [5.74, 6) is 0.0223. The van der Waals surface area contributed by atoms with Crippen LogP contribution in [0.3, 0.4) is 0 Å². The van der Waals surface area contributed by atoms with Gasteiger partial charge in [0, 0.05) is 34.0 Å². The van der Waals surface area contributed by atoms with E-state index >= 15 is 0 Å². The molecule has 0 radical (unpaired) electrons. The highest BCUT2D eigenvalue weighted by Gasteiger charge is 2.24. The zero-order valence-electron chi connectivity index (χ0n) is 16.7. The number of aromatic nitrogens is 1. The number of hydrogen-bond donors (Lipinski definition) is 2. The lowest BCUT2D eigenvalue weighted by molar-refractivity contribution is -0.121. The van der Waals surface area contributed by atoms with Gasteiger partial charge in [-0.05, 0) is 62.8 Å². The van der Waals surface area contributed by atoms with Crippen molar-refractivity contribution in [3.8, 4) is 6.07 Å². The lowest BCUT2D eigenvalue weighted by Crippen LogP contribution is -2.38. The molecule has 0 aliphatic carbocycles. The average molecular weight is 464 g/mol. The lowest BCUT2D eigenvalue weighted by Gasteiger charge is -2.28. The molecule has 1 aliphatic rings. The highest BCUT2D eigenvalue weighted by atomic mass is 79.9. The van der Waals surface area contributed by atoms with Gasteiger partial charge in [0.15, 0.2) is 0 Å². The number of carbonyl (C=O) groups is 1. The SMILES string of the molecule is CN1CCCC(C(=O)Nc2ccc3ncc(C#N)c(Nc4cccc(Br)c4)c3c2)C1. The minimum atomic E-state index is -0.0118. The molecule has 152 valence electrons. The molecule has 30 heavy (non-hydrogen) atoms. The Bertz CT molecular complexity index is 1140. The number of nitriles is 1. The summed E-state index contributed by atoms with van der Waals surface area (Å²) in [5.41, 5.74) is 3.43. The number of hydrogen-bond acceptors (Lipinski definition) is 5. The second kappa shape index (κ2) is 8.82. The van der Waals surface area contributed by atoms with E-state index in [-0.39, 0.29) is 11.8 Å². The Morgan fingerprint density at radius 1 is 1.27 bits per heavy atom. The number of anilines is 3. The van der Waals surface area contributed by atoms with Crippen LogP contribution in [0.1, 0.15) is 18.4 Å². The van der Waals surface area contributed by atoms with Crippen LogP contribution in [-0.4, -0.2) is 35.9 Å². The third-order valence-electron chi connectivity index (χ3n) is 5.35. The Morgan fingerprint density at radius 2 is 2.13 bits per heavy atom. The van der Waals surface area contributed by atoms with Gasteiger partial charge in [-0.15, -0.1) is 0 Å². The largest absolute Gasteiger partial charge is 0.354 e. The summed E-state index contributed by atoms with van der Waals surface area (Å²) >= 11 is 3.47. The molecule has 3 aromatic rings. The standard InChI is InChI=1S/C23H22BrN5O/c1-29-9-3-4-15(14-29)23(30)28-19-7-8-21-20(11-19)22(16(12-25)13-26-21)27-18-6-2-5-17(24)10-18/h2,5-8,10-11,13,15H,3-4,9,14H2,1H3,(H,26,27)(H,28,30). The van der Waals surface area contributed by atoms with Gasteiger partial charge in [-0.25, -0.2) is 0 Å². The van der Waals surface area contributed by atoms with Crippen LogP contribution in [0.25, 0.3) is 10.9 Å². The second-order valence-corrected chi connectivity index (χ2v) is 8.53. The van der Waals surface area contributed by atoms with Gasteiger partial charge in [0.05, 0.1) is 22.7 Å². The van der Waals surface area contributed by atoms with Gasteiger partial charge < -0.3 is 15.5 Å². The maximum atomic E-state index is 12.8. The molecule has 1 amide bonds. The van der Waals surface area contributed by atoms with Crippen LogP contribution >= 0.6 is 15.9 Å². The third kappa shape index (κ3) is 4.45.